The minimum Gasteiger partial charge on any atom is -0.361 e. The number of unbranched alkanes of at least 4 members (excludes halogenated alkanes) is 1. The molecule has 3 rings (SSSR count). The van der Waals surface area contributed by atoms with Crippen molar-refractivity contribution in [3.05, 3.63) is 36.0 Å². The molecular formula is C19H25N3O2. The molecule has 5 nitrogen and oxygen atoms in total. The second-order valence-electron chi connectivity index (χ2n) is 6.49. The molecule has 5 heteroatoms. The lowest BCUT2D eigenvalue weighted by atomic mass is 10.1. The summed E-state index contributed by atoms with van der Waals surface area (Å²) in [7, 11) is 0. The van der Waals surface area contributed by atoms with E-state index in [-0.39, 0.29) is 17.7 Å². The second-order valence-corrected chi connectivity index (χ2v) is 6.49. The van der Waals surface area contributed by atoms with E-state index in [4.69, 9.17) is 0 Å². The number of hydrogen-bond donors (Lipinski definition) is 2. The van der Waals surface area contributed by atoms with E-state index in [1.54, 1.807) is 0 Å². The first kappa shape index (κ1) is 16.6. The number of hydrogen-bond acceptors (Lipinski definition) is 2. The van der Waals surface area contributed by atoms with Crippen LogP contribution >= 0.6 is 0 Å². The Balaban J connectivity index is 1.54. The van der Waals surface area contributed by atoms with Gasteiger partial charge in [-0.25, -0.2) is 0 Å². The van der Waals surface area contributed by atoms with Crippen molar-refractivity contribution in [2.24, 2.45) is 5.92 Å². The molecule has 1 aromatic heterocycles. The summed E-state index contributed by atoms with van der Waals surface area (Å²) in [5.74, 6) is -0.0887. The predicted octanol–water partition coefficient (Wildman–Crippen LogP) is 2.48. The lowest BCUT2D eigenvalue weighted by molar-refractivity contribution is -0.129. The topological polar surface area (TPSA) is 65.2 Å². The normalized spacial score (nSPS) is 17.6. The molecule has 0 saturated carbocycles. The largest absolute Gasteiger partial charge is 0.361 e. The van der Waals surface area contributed by atoms with Crippen LogP contribution in [-0.2, 0) is 16.0 Å². The van der Waals surface area contributed by atoms with E-state index in [2.05, 4.69) is 29.4 Å². The average molecular weight is 327 g/mol. The highest BCUT2D eigenvalue weighted by atomic mass is 16.2. The fourth-order valence-corrected chi connectivity index (χ4v) is 3.29. The van der Waals surface area contributed by atoms with Gasteiger partial charge in [-0.05, 0) is 24.5 Å². The first-order valence-electron chi connectivity index (χ1n) is 8.79. The molecule has 1 aliphatic rings. The minimum atomic E-state index is -0.197. The number of fused-ring (bicyclic) bond motifs is 1. The van der Waals surface area contributed by atoms with E-state index in [1.807, 2.05) is 23.2 Å². The van der Waals surface area contributed by atoms with Crippen molar-refractivity contribution in [2.75, 3.05) is 19.6 Å². The predicted molar refractivity (Wildman–Crippen MR) is 94.6 cm³/mol. The van der Waals surface area contributed by atoms with Gasteiger partial charge in [-0.2, -0.15) is 0 Å². The molecule has 1 aromatic carbocycles. The molecule has 24 heavy (non-hydrogen) atoms. The number of aromatic nitrogens is 1. The lowest BCUT2D eigenvalue weighted by Crippen LogP contribution is -2.34. The third-order valence-corrected chi connectivity index (χ3v) is 4.74. The molecule has 2 amide bonds. The van der Waals surface area contributed by atoms with Crippen molar-refractivity contribution in [2.45, 2.75) is 32.6 Å². The number of rotatable bonds is 7. The van der Waals surface area contributed by atoms with Crippen molar-refractivity contribution in [1.82, 2.24) is 15.2 Å². The molecule has 2 aromatic rings. The molecule has 1 fully saturated rings. The van der Waals surface area contributed by atoms with Crippen molar-refractivity contribution in [3.63, 3.8) is 0 Å². The van der Waals surface area contributed by atoms with Crippen LogP contribution in [0.3, 0.4) is 0 Å². The summed E-state index contributed by atoms with van der Waals surface area (Å²) < 4.78 is 0. The number of nitrogens with zero attached hydrogens (tertiary/aromatic N) is 1. The summed E-state index contributed by atoms with van der Waals surface area (Å²) in [5.41, 5.74) is 2.34. The van der Waals surface area contributed by atoms with Gasteiger partial charge in [-0.15, -0.1) is 0 Å². The van der Waals surface area contributed by atoms with Gasteiger partial charge in [-0.1, -0.05) is 31.5 Å². The number of benzene rings is 1. The number of H-pyrrole nitrogens is 1. The van der Waals surface area contributed by atoms with Gasteiger partial charge in [0.05, 0.1) is 5.92 Å². The van der Waals surface area contributed by atoms with Crippen LogP contribution in [0.1, 0.15) is 31.7 Å². The van der Waals surface area contributed by atoms with Gasteiger partial charge >= 0.3 is 0 Å². The summed E-state index contributed by atoms with van der Waals surface area (Å²) in [6, 6.07) is 8.18. The van der Waals surface area contributed by atoms with Crippen molar-refractivity contribution < 1.29 is 9.59 Å². The third kappa shape index (κ3) is 3.61. The zero-order chi connectivity index (χ0) is 16.9. The standard InChI is InChI=1S/C19H25N3O2/c1-2-3-9-20-19(24)15-11-18(23)22(13-15)10-8-14-12-21-17-7-5-4-6-16(14)17/h4-7,12,15,21H,2-3,8-11,13H2,1H3,(H,20,24). The monoisotopic (exact) mass is 327 g/mol. The van der Waals surface area contributed by atoms with Gasteiger partial charge < -0.3 is 15.2 Å². The van der Waals surface area contributed by atoms with Crippen LogP contribution < -0.4 is 5.32 Å². The van der Waals surface area contributed by atoms with E-state index in [9.17, 15) is 9.59 Å². The first-order chi connectivity index (χ1) is 11.7. The van der Waals surface area contributed by atoms with Gasteiger partial charge in [-0.3, -0.25) is 9.59 Å². The summed E-state index contributed by atoms with van der Waals surface area (Å²) in [5, 5.41) is 4.14. The molecule has 0 aliphatic carbocycles. The fraction of sp³-hybridized carbons (Fsp3) is 0.474. The van der Waals surface area contributed by atoms with Crippen molar-refractivity contribution in [3.8, 4) is 0 Å². The quantitative estimate of drug-likeness (QED) is 0.767. The van der Waals surface area contributed by atoms with Crippen LogP contribution in [0, 0.1) is 5.92 Å². The minimum absolute atomic E-state index is 0.0198. The molecule has 1 saturated heterocycles. The Morgan fingerprint density at radius 3 is 3.04 bits per heavy atom. The van der Waals surface area contributed by atoms with Gasteiger partial charge in [0.15, 0.2) is 0 Å². The molecule has 0 bridgehead atoms. The zero-order valence-corrected chi connectivity index (χ0v) is 14.2. The van der Waals surface area contributed by atoms with Crippen LogP contribution in [-0.4, -0.2) is 41.3 Å². The number of carbonyl (C=O) groups excluding carboxylic acids is 2. The Morgan fingerprint density at radius 2 is 2.21 bits per heavy atom. The Kier molecular flexibility index (Phi) is 5.18. The van der Waals surface area contributed by atoms with Crippen LogP contribution in [0.2, 0.25) is 0 Å². The number of para-hydroxylation sites is 1. The van der Waals surface area contributed by atoms with Gasteiger partial charge in [0.2, 0.25) is 11.8 Å². The molecule has 0 spiro atoms. The Labute approximate surface area is 142 Å². The smallest absolute Gasteiger partial charge is 0.225 e. The summed E-state index contributed by atoms with van der Waals surface area (Å²) in [4.78, 5) is 29.4. The highest BCUT2D eigenvalue weighted by Gasteiger charge is 2.33. The number of amides is 2. The maximum Gasteiger partial charge on any atom is 0.225 e. The van der Waals surface area contributed by atoms with Gasteiger partial charge in [0.25, 0.3) is 0 Å². The SMILES string of the molecule is CCCCNC(=O)C1CC(=O)N(CCc2c[nH]c3ccccc23)C1. The highest BCUT2D eigenvalue weighted by molar-refractivity contribution is 5.89. The molecule has 1 aliphatic heterocycles. The lowest BCUT2D eigenvalue weighted by Gasteiger charge is -2.16. The van der Waals surface area contributed by atoms with Crippen molar-refractivity contribution >= 4 is 22.7 Å². The summed E-state index contributed by atoms with van der Waals surface area (Å²) >= 11 is 0. The number of likely N-dealkylation sites (tertiary alicyclic amines) is 1. The van der Waals surface area contributed by atoms with E-state index in [0.717, 1.165) is 24.8 Å². The first-order valence-corrected chi connectivity index (χ1v) is 8.79. The molecule has 2 N–H and O–H groups in total. The highest BCUT2D eigenvalue weighted by Crippen LogP contribution is 2.21. The zero-order valence-electron chi connectivity index (χ0n) is 14.2. The van der Waals surface area contributed by atoms with Crippen LogP contribution in [0.15, 0.2) is 30.5 Å². The second kappa shape index (κ2) is 7.51. The molecule has 1 unspecified atom stereocenters. The maximum atomic E-state index is 12.2. The van der Waals surface area contributed by atoms with Crippen LogP contribution in [0.4, 0.5) is 0 Å². The number of aromatic amines is 1. The van der Waals surface area contributed by atoms with Crippen LogP contribution in [0.5, 0.6) is 0 Å². The van der Waals surface area contributed by atoms with E-state index < -0.39 is 0 Å². The van der Waals surface area contributed by atoms with E-state index in [0.29, 0.717) is 26.1 Å². The van der Waals surface area contributed by atoms with Crippen LogP contribution in [0.25, 0.3) is 10.9 Å². The Bertz CT molecular complexity index is 722. The van der Waals surface area contributed by atoms with E-state index in [1.165, 1.54) is 10.9 Å². The van der Waals surface area contributed by atoms with Gasteiger partial charge in [0.1, 0.15) is 0 Å². The Morgan fingerprint density at radius 1 is 1.38 bits per heavy atom. The number of nitrogens with one attached hydrogen (secondary N) is 2. The van der Waals surface area contributed by atoms with Crippen molar-refractivity contribution in [1.29, 1.82) is 0 Å². The fourth-order valence-electron chi connectivity index (χ4n) is 3.29. The molecule has 128 valence electrons. The molecule has 1 atom stereocenters. The van der Waals surface area contributed by atoms with Gasteiger partial charge in [0, 0.05) is 43.2 Å². The third-order valence-electron chi connectivity index (χ3n) is 4.74. The maximum absolute atomic E-state index is 12.2. The Hall–Kier alpha value is -2.30. The summed E-state index contributed by atoms with van der Waals surface area (Å²) in [6.45, 7) is 4.01. The molecule has 2 heterocycles. The average Bonchev–Trinajstić information content (AvgIpc) is 3.17. The summed E-state index contributed by atoms with van der Waals surface area (Å²) in [6.07, 6.45) is 5.20. The molecule has 0 radical (unpaired) electrons. The number of carbonyl (C=O) groups is 2. The molecular weight excluding hydrogens is 302 g/mol. The van der Waals surface area contributed by atoms with E-state index >= 15 is 0 Å².